The minimum absolute atomic E-state index is 0. The molecule has 0 fully saturated rings. The van der Waals surface area contributed by atoms with Crippen LogP contribution in [-0.2, 0) is 76.5 Å². The van der Waals surface area contributed by atoms with Gasteiger partial charge in [-0.2, -0.15) is 16.9 Å². The zero-order valence-electron chi connectivity index (χ0n) is 9.23. The van der Waals surface area contributed by atoms with Gasteiger partial charge in [-0.25, -0.2) is 0 Å². The van der Waals surface area contributed by atoms with E-state index in [2.05, 4.69) is 0 Å². The van der Waals surface area contributed by atoms with Crippen LogP contribution in [0.1, 0.15) is 0 Å². The summed E-state index contributed by atoms with van der Waals surface area (Å²) < 4.78 is 13.4. The second-order valence-corrected chi connectivity index (χ2v) is 9.00. The van der Waals surface area contributed by atoms with E-state index in [1.54, 1.807) is 0 Å². The molecule has 0 saturated carbocycles. The standard InChI is InChI=1S/2C4H6OS4.Ni/c2*6-3-4(7)9-2-5-1-8-3;/h2*6-7H,1-2H2;/p-4. The Morgan fingerprint density at radius 3 is 1.00 bits per heavy atom. The van der Waals surface area contributed by atoms with E-state index in [0.717, 1.165) is 16.9 Å². The summed E-state index contributed by atoms with van der Waals surface area (Å²) in [4.78, 5) is 0. The van der Waals surface area contributed by atoms with E-state index in [-0.39, 0.29) is 16.5 Å². The molecule has 0 saturated heterocycles. The van der Waals surface area contributed by atoms with Gasteiger partial charge in [-0.05, 0) is 0 Å². The van der Waals surface area contributed by atoms with Gasteiger partial charge in [0.25, 0.3) is 0 Å². The molecular formula is C8H8NiO2S8-4. The number of hydrogen-bond acceptors (Lipinski definition) is 10. The predicted molar refractivity (Wildman–Crippen MR) is 95.5 cm³/mol. The number of rotatable bonds is 0. The molecule has 2 nitrogen and oxygen atoms in total. The second kappa shape index (κ2) is 12.7. The van der Waals surface area contributed by atoms with Crippen molar-refractivity contribution in [2.75, 3.05) is 23.8 Å². The summed E-state index contributed by atoms with van der Waals surface area (Å²) in [7, 11) is 0. The summed E-state index contributed by atoms with van der Waals surface area (Å²) in [5.74, 6) is 2.58. The largest absolute Gasteiger partial charge is 0.774 e. The third kappa shape index (κ3) is 9.73. The second-order valence-electron chi connectivity index (χ2n) is 2.61. The Morgan fingerprint density at radius 2 is 0.789 bits per heavy atom. The molecular weight excluding hydrogens is 443 g/mol. The monoisotopic (exact) mass is 450 g/mol. The van der Waals surface area contributed by atoms with Crippen LogP contribution in [0.2, 0.25) is 0 Å². The van der Waals surface area contributed by atoms with E-state index in [0.29, 0.717) is 23.8 Å². The van der Waals surface area contributed by atoms with Gasteiger partial charge in [0.15, 0.2) is 0 Å². The van der Waals surface area contributed by atoms with Crippen molar-refractivity contribution in [3.63, 3.8) is 0 Å². The van der Waals surface area contributed by atoms with E-state index in [4.69, 9.17) is 60.0 Å². The molecule has 19 heavy (non-hydrogen) atoms. The van der Waals surface area contributed by atoms with Crippen molar-refractivity contribution >= 4 is 97.6 Å². The van der Waals surface area contributed by atoms with Crippen molar-refractivity contribution in [1.82, 2.24) is 0 Å². The van der Waals surface area contributed by atoms with E-state index >= 15 is 0 Å². The topological polar surface area (TPSA) is 18.5 Å². The van der Waals surface area contributed by atoms with Gasteiger partial charge in [0.1, 0.15) is 0 Å². The fourth-order valence-corrected chi connectivity index (χ4v) is 4.45. The Morgan fingerprint density at radius 1 is 0.579 bits per heavy atom. The molecule has 114 valence electrons. The smallest absolute Gasteiger partial charge is 0.0957 e. The first-order valence-corrected chi connectivity index (χ1v) is 10.0. The van der Waals surface area contributed by atoms with E-state index in [1.807, 2.05) is 0 Å². The zero-order valence-corrected chi connectivity index (χ0v) is 16.7. The van der Waals surface area contributed by atoms with Gasteiger partial charge >= 0.3 is 0 Å². The Hall–Kier alpha value is 2.17. The van der Waals surface area contributed by atoms with E-state index in [9.17, 15) is 0 Å². The molecule has 0 amide bonds. The average Bonchev–Trinajstić information content (AvgIpc) is 2.65. The Kier molecular flexibility index (Phi) is 14.1. The molecule has 0 radical (unpaired) electrons. The van der Waals surface area contributed by atoms with Crippen molar-refractivity contribution in [3.05, 3.63) is 16.9 Å². The van der Waals surface area contributed by atoms with Crippen molar-refractivity contribution in [2.45, 2.75) is 0 Å². The van der Waals surface area contributed by atoms with Gasteiger partial charge < -0.3 is 60.0 Å². The first-order chi connectivity index (χ1) is 8.61. The molecule has 0 spiro atoms. The Labute approximate surface area is 162 Å². The van der Waals surface area contributed by atoms with Gasteiger partial charge in [-0.15, -0.1) is 47.0 Å². The SMILES string of the molecule is [Ni].[S-]C1=C([S-])SCOCS1.[S-]C1=C([S-])SCOCS1. The summed E-state index contributed by atoms with van der Waals surface area (Å²) in [6.07, 6.45) is 0. The summed E-state index contributed by atoms with van der Waals surface area (Å²) in [5, 5.41) is 0. The molecule has 2 heterocycles. The van der Waals surface area contributed by atoms with Crippen LogP contribution in [0.4, 0.5) is 0 Å². The molecule has 0 aliphatic carbocycles. The van der Waals surface area contributed by atoms with Crippen LogP contribution in [0, 0.1) is 0 Å². The first-order valence-electron chi connectivity index (χ1n) is 4.44. The molecule has 2 aliphatic heterocycles. The van der Waals surface area contributed by atoms with E-state index in [1.165, 1.54) is 47.0 Å². The van der Waals surface area contributed by atoms with Crippen LogP contribution in [0.15, 0.2) is 16.9 Å². The average molecular weight is 451 g/mol. The maximum Gasteiger partial charge on any atom is 0.0957 e. The zero-order chi connectivity index (χ0) is 13.4. The normalized spacial score (nSPS) is 20.6. The van der Waals surface area contributed by atoms with Gasteiger partial charge in [-0.1, -0.05) is 0 Å². The molecule has 0 aromatic heterocycles. The fraction of sp³-hybridized carbons (Fsp3) is 0.500. The molecule has 2 aliphatic rings. The van der Waals surface area contributed by atoms with Crippen molar-refractivity contribution in [1.29, 1.82) is 0 Å². The molecule has 0 aromatic carbocycles. The Balaban J connectivity index is 0.000000324. The molecule has 0 bridgehead atoms. The maximum absolute atomic E-state index is 5.09. The van der Waals surface area contributed by atoms with Crippen LogP contribution < -0.4 is 0 Å². The Bertz CT molecular complexity index is 275. The van der Waals surface area contributed by atoms with Crippen molar-refractivity contribution in [2.24, 2.45) is 0 Å². The van der Waals surface area contributed by atoms with Crippen molar-refractivity contribution in [3.8, 4) is 0 Å². The molecule has 2 rings (SSSR count). The minimum Gasteiger partial charge on any atom is -0.774 e. The van der Waals surface area contributed by atoms with Gasteiger partial charge in [-0.3, -0.25) is 0 Å². The number of hydrogen-bond donors (Lipinski definition) is 0. The molecule has 11 heteroatoms. The third-order valence-corrected chi connectivity index (χ3v) is 7.69. The fourth-order valence-electron chi connectivity index (χ4n) is 0.684. The summed E-state index contributed by atoms with van der Waals surface area (Å²) in [5.41, 5.74) is 0. The number of ether oxygens (including phenoxy) is 2. The van der Waals surface area contributed by atoms with E-state index < -0.39 is 0 Å². The van der Waals surface area contributed by atoms with Crippen molar-refractivity contribution < 1.29 is 26.0 Å². The summed E-state index contributed by atoms with van der Waals surface area (Å²) >= 11 is 25.7. The summed E-state index contributed by atoms with van der Waals surface area (Å²) in [6.45, 7) is 0. The summed E-state index contributed by atoms with van der Waals surface area (Å²) in [6, 6.07) is 0. The molecule has 0 atom stereocenters. The van der Waals surface area contributed by atoms with Crippen LogP contribution in [0.5, 0.6) is 0 Å². The van der Waals surface area contributed by atoms with Crippen LogP contribution in [0.25, 0.3) is 0 Å². The maximum atomic E-state index is 5.09. The third-order valence-electron chi connectivity index (χ3n) is 1.43. The van der Waals surface area contributed by atoms with Crippen LogP contribution >= 0.6 is 47.0 Å². The first kappa shape index (κ1) is 21.2. The molecule has 0 unspecified atom stereocenters. The quantitative estimate of drug-likeness (QED) is 0.402. The molecule has 0 aromatic rings. The molecule has 0 N–H and O–H groups in total. The number of thioether (sulfide) groups is 4. The van der Waals surface area contributed by atoms with Gasteiger partial charge in [0.2, 0.25) is 0 Å². The van der Waals surface area contributed by atoms with Crippen LogP contribution in [0.3, 0.4) is 0 Å². The minimum atomic E-state index is 0. The van der Waals surface area contributed by atoms with Gasteiger partial charge in [0, 0.05) is 16.5 Å². The predicted octanol–water partition coefficient (Wildman–Crippen LogP) is 3.23. The van der Waals surface area contributed by atoms with Gasteiger partial charge in [0.05, 0.1) is 23.8 Å². The van der Waals surface area contributed by atoms with Crippen LogP contribution in [-0.4, -0.2) is 23.8 Å².